The molecule has 0 aliphatic rings. The fraction of sp³-hybridized carbons (Fsp3) is 0.846. The van der Waals surface area contributed by atoms with Crippen molar-refractivity contribution in [2.75, 3.05) is 6.54 Å². The zero-order valence-electron chi connectivity index (χ0n) is 11.3. The van der Waals surface area contributed by atoms with Gasteiger partial charge in [0.1, 0.15) is 6.04 Å². The molecule has 0 radical (unpaired) electrons. The van der Waals surface area contributed by atoms with Crippen molar-refractivity contribution < 1.29 is 19.8 Å². The van der Waals surface area contributed by atoms with Gasteiger partial charge in [-0.3, -0.25) is 9.59 Å². The summed E-state index contributed by atoms with van der Waals surface area (Å²) in [4.78, 5) is 21.4. The Bertz CT molecular complexity index is 255. The Kier molecular flexibility index (Phi) is 9.28. The maximum absolute atomic E-state index is 11.0. The van der Waals surface area contributed by atoms with E-state index in [2.05, 4.69) is 19.2 Å². The Labute approximate surface area is 109 Å². The summed E-state index contributed by atoms with van der Waals surface area (Å²) in [7, 11) is 0. The van der Waals surface area contributed by atoms with E-state index in [-0.39, 0.29) is 12.8 Å². The zero-order valence-corrected chi connectivity index (χ0v) is 11.3. The van der Waals surface area contributed by atoms with Crippen LogP contribution in [0.1, 0.15) is 52.4 Å². The molecule has 2 atom stereocenters. The maximum atomic E-state index is 11.0. The second-order valence-corrected chi connectivity index (χ2v) is 4.65. The lowest BCUT2D eigenvalue weighted by Gasteiger charge is -2.19. The van der Waals surface area contributed by atoms with E-state index >= 15 is 0 Å². The van der Waals surface area contributed by atoms with Gasteiger partial charge in [0.05, 0.1) is 0 Å². The van der Waals surface area contributed by atoms with E-state index in [4.69, 9.17) is 10.2 Å². The zero-order chi connectivity index (χ0) is 14.0. The van der Waals surface area contributed by atoms with Crippen LogP contribution in [0.15, 0.2) is 0 Å². The van der Waals surface area contributed by atoms with E-state index in [1.165, 1.54) is 0 Å². The Balaban J connectivity index is 4.07. The molecule has 0 aromatic rings. The van der Waals surface area contributed by atoms with Crippen molar-refractivity contribution in [2.45, 2.75) is 58.4 Å². The molecule has 18 heavy (non-hydrogen) atoms. The number of carboxylic acid groups (broad SMARTS) is 2. The van der Waals surface area contributed by atoms with E-state index in [1.54, 1.807) is 0 Å². The first kappa shape index (κ1) is 16.9. The number of carboxylic acids is 2. The Morgan fingerprint density at radius 3 is 2.28 bits per heavy atom. The summed E-state index contributed by atoms with van der Waals surface area (Å²) in [5.41, 5.74) is 0. The highest BCUT2D eigenvalue weighted by atomic mass is 16.4. The molecule has 0 aromatic carbocycles. The van der Waals surface area contributed by atoms with Gasteiger partial charge in [-0.05, 0) is 25.3 Å². The summed E-state index contributed by atoms with van der Waals surface area (Å²) in [6.45, 7) is 4.87. The molecule has 0 rings (SSSR count). The monoisotopic (exact) mass is 259 g/mol. The summed E-state index contributed by atoms with van der Waals surface area (Å²) >= 11 is 0. The lowest BCUT2D eigenvalue weighted by atomic mass is 9.98. The summed E-state index contributed by atoms with van der Waals surface area (Å²) in [5, 5.41) is 20.5. The summed E-state index contributed by atoms with van der Waals surface area (Å²) in [6, 6.07) is -0.753. The number of hydrogen-bond donors (Lipinski definition) is 3. The SMILES string of the molecule is CCCCC(CC)CNC(CCC(=O)O)C(=O)O. The normalized spacial score (nSPS) is 14.1. The van der Waals surface area contributed by atoms with E-state index in [9.17, 15) is 9.59 Å². The van der Waals surface area contributed by atoms with E-state index in [0.29, 0.717) is 12.5 Å². The summed E-state index contributed by atoms with van der Waals surface area (Å²) < 4.78 is 0. The quantitative estimate of drug-likeness (QED) is 0.529. The van der Waals surface area contributed by atoms with Crippen molar-refractivity contribution in [1.29, 1.82) is 0 Å². The van der Waals surface area contributed by atoms with Gasteiger partial charge in [0.25, 0.3) is 0 Å². The molecule has 0 aliphatic carbocycles. The van der Waals surface area contributed by atoms with Crippen LogP contribution in [0.3, 0.4) is 0 Å². The van der Waals surface area contributed by atoms with Gasteiger partial charge >= 0.3 is 11.9 Å². The van der Waals surface area contributed by atoms with E-state index in [1.807, 2.05) is 0 Å². The third kappa shape index (κ3) is 8.06. The number of nitrogens with one attached hydrogen (secondary N) is 1. The molecular formula is C13H25NO4. The van der Waals surface area contributed by atoms with Gasteiger partial charge in [0.2, 0.25) is 0 Å². The maximum Gasteiger partial charge on any atom is 0.320 e. The molecule has 0 aliphatic heterocycles. The molecule has 0 bridgehead atoms. The topological polar surface area (TPSA) is 86.6 Å². The van der Waals surface area contributed by atoms with Crippen LogP contribution in [0.5, 0.6) is 0 Å². The third-order valence-electron chi connectivity index (χ3n) is 3.14. The first-order valence-electron chi connectivity index (χ1n) is 6.69. The highest BCUT2D eigenvalue weighted by Crippen LogP contribution is 2.12. The summed E-state index contributed by atoms with van der Waals surface area (Å²) in [5.74, 6) is -1.46. The molecule has 3 N–H and O–H groups in total. The van der Waals surface area contributed by atoms with Gasteiger partial charge in [-0.15, -0.1) is 0 Å². The van der Waals surface area contributed by atoms with Crippen molar-refractivity contribution in [2.24, 2.45) is 5.92 Å². The van der Waals surface area contributed by atoms with Gasteiger partial charge in [-0.2, -0.15) is 0 Å². The molecule has 0 amide bonds. The predicted octanol–water partition coefficient (Wildman–Crippen LogP) is 2.11. The van der Waals surface area contributed by atoms with Crippen molar-refractivity contribution >= 4 is 11.9 Å². The van der Waals surface area contributed by atoms with Crippen LogP contribution >= 0.6 is 0 Å². The van der Waals surface area contributed by atoms with Crippen molar-refractivity contribution in [1.82, 2.24) is 5.32 Å². The van der Waals surface area contributed by atoms with E-state index in [0.717, 1.165) is 25.7 Å². The molecule has 0 fully saturated rings. The molecule has 2 unspecified atom stereocenters. The van der Waals surface area contributed by atoms with Crippen LogP contribution in [0.25, 0.3) is 0 Å². The molecule has 0 heterocycles. The minimum Gasteiger partial charge on any atom is -0.481 e. The van der Waals surface area contributed by atoms with Gasteiger partial charge in [0, 0.05) is 6.42 Å². The van der Waals surface area contributed by atoms with Crippen molar-refractivity contribution in [3.05, 3.63) is 0 Å². The smallest absolute Gasteiger partial charge is 0.320 e. The molecule has 5 heteroatoms. The van der Waals surface area contributed by atoms with Crippen LogP contribution in [0.2, 0.25) is 0 Å². The fourth-order valence-electron chi connectivity index (χ4n) is 1.83. The highest BCUT2D eigenvalue weighted by molar-refractivity contribution is 5.75. The lowest BCUT2D eigenvalue weighted by Crippen LogP contribution is -2.39. The lowest BCUT2D eigenvalue weighted by molar-refractivity contribution is -0.140. The first-order chi connectivity index (χ1) is 8.51. The van der Waals surface area contributed by atoms with Crippen LogP contribution < -0.4 is 5.32 Å². The van der Waals surface area contributed by atoms with Gasteiger partial charge < -0.3 is 15.5 Å². The molecule has 0 saturated heterocycles. The second-order valence-electron chi connectivity index (χ2n) is 4.65. The predicted molar refractivity (Wildman–Crippen MR) is 69.6 cm³/mol. The number of carbonyl (C=O) groups is 2. The number of aliphatic carboxylic acids is 2. The fourth-order valence-corrected chi connectivity index (χ4v) is 1.83. The third-order valence-corrected chi connectivity index (χ3v) is 3.14. The molecule has 0 spiro atoms. The number of hydrogen-bond acceptors (Lipinski definition) is 3. The number of rotatable bonds is 11. The molecule has 0 saturated carbocycles. The molecular weight excluding hydrogens is 234 g/mol. The van der Waals surface area contributed by atoms with Crippen LogP contribution in [0, 0.1) is 5.92 Å². The Hall–Kier alpha value is -1.10. The number of unbranched alkanes of at least 4 members (excludes halogenated alkanes) is 1. The average Bonchev–Trinajstić information content (AvgIpc) is 2.31. The van der Waals surface area contributed by atoms with Crippen LogP contribution in [-0.4, -0.2) is 34.7 Å². The summed E-state index contributed by atoms with van der Waals surface area (Å²) in [6.07, 6.45) is 4.40. The molecule has 0 aromatic heterocycles. The highest BCUT2D eigenvalue weighted by Gasteiger charge is 2.19. The Morgan fingerprint density at radius 1 is 1.17 bits per heavy atom. The van der Waals surface area contributed by atoms with Crippen molar-refractivity contribution in [3.8, 4) is 0 Å². The largest absolute Gasteiger partial charge is 0.481 e. The van der Waals surface area contributed by atoms with Crippen molar-refractivity contribution in [3.63, 3.8) is 0 Å². The molecule has 106 valence electrons. The Morgan fingerprint density at radius 2 is 1.83 bits per heavy atom. The van der Waals surface area contributed by atoms with Gasteiger partial charge in [-0.25, -0.2) is 0 Å². The second kappa shape index (κ2) is 9.88. The minimum atomic E-state index is -0.971. The molecule has 5 nitrogen and oxygen atoms in total. The van der Waals surface area contributed by atoms with Crippen LogP contribution in [-0.2, 0) is 9.59 Å². The van der Waals surface area contributed by atoms with E-state index < -0.39 is 18.0 Å². The first-order valence-corrected chi connectivity index (χ1v) is 6.69. The standard InChI is InChI=1S/C13H25NO4/c1-3-5-6-10(4-2)9-14-11(13(17)18)7-8-12(15)16/h10-11,14H,3-9H2,1-2H3,(H,15,16)(H,17,18). The van der Waals surface area contributed by atoms with Gasteiger partial charge in [-0.1, -0.05) is 33.1 Å². The minimum absolute atomic E-state index is 0.115. The van der Waals surface area contributed by atoms with Crippen LogP contribution in [0.4, 0.5) is 0 Å². The average molecular weight is 259 g/mol. The van der Waals surface area contributed by atoms with Gasteiger partial charge in [0.15, 0.2) is 0 Å².